The van der Waals surface area contributed by atoms with Crippen molar-refractivity contribution in [2.24, 2.45) is 0 Å². The van der Waals surface area contributed by atoms with Crippen LogP contribution in [0.25, 0.3) is 10.9 Å². The average Bonchev–Trinajstić information content (AvgIpc) is 2.97. The molecule has 1 aliphatic rings. The van der Waals surface area contributed by atoms with Crippen molar-refractivity contribution in [3.05, 3.63) is 36.9 Å². The first-order valence-corrected chi connectivity index (χ1v) is 7.25. The molecule has 4 heteroatoms. The minimum absolute atomic E-state index is 0.517. The molecular formula is C16H20N4. The molecule has 2 aromatic rings. The Labute approximate surface area is 119 Å². The predicted molar refractivity (Wildman–Crippen MR) is 84.1 cm³/mol. The second kappa shape index (κ2) is 5.90. The molecule has 0 bridgehead atoms. The van der Waals surface area contributed by atoms with Gasteiger partial charge in [0.1, 0.15) is 5.82 Å². The van der Waals surface area contributed by atoms with Crippen LogP contribution in [0.1, 0.15) is 25.7 Å². The Morgan fingerprint density at radius 2 is 2.00 bits per heavy atom. The Morgan fingerprint density at radius 1 is 1.20 bits per heavy atom. The number of para-hydroxylation sites is 1. The second-order valence-electron chi connectivity index (χ2n) is 5.21. The monoisotopic (exact) mass is 268 g/mol. The largest absolute Gasteiger partial charge is 0.366 e. The van der Waals surface area contributed by atoms with Crippen molar-refractivity contribution in [3.63, 3.8) is 0 Å². The number of fused-ring (bicyclic) bond motifs is 1. The summed E-state index contributed by atoms with van der Waals surface area (Å²) in [4.78, 5) is 9.24. The Morgan fingerprint density at radius 3 is 2.80 bits per heavy atom. The van der Waals surface area contributed by atoms with E-state index in [0.29, 0.717) is 12.6 Å². The van der Waals surface area contributed by atoms with E-state index < -0.39 is 0 Å². The van der Waals surface area contributed by atoms with Crippen LogP contribution in [0.2, 0.25) is 0 Å². The lowest BCUT2D eigenvalue weighted by Gasteiger charge is -2.14. The van der Waals surface area contributed by atoms with Gasteiger partial charge in [0, 0.05) is 18.0 Å². The molecule has 1 fully saturated rings. The molecule has 0 unspecified atom stereocenters. The van der Waals surface area contributed by atoms with Gasteiger partial charge in [-0.05, 0) is 25.0 Å². The van der Waals surface area contributed by atoms with E-state index in [-0.39, 0.29) is 0 Å². The Bertz CT molecular complexity index is 602. The van der Waals surface area contributed by atoms with Crippen LogP contribution in [0.15, 0.2) is 36.9 Å². The van der Waals surface area contributed by atoms with Gasteiger partial charge in [-0.2, -0.15) is 4.98 Å². The third kappa shape index (κ3) is 2.74. The lowest BCUT2D eigenvalue weighted by molar-refractivity contribution is 0.745. The highest BCUT2D eigenvalue weighted by molar-refractivity contribution is 5.90. The van der Waals surface area contributed by atoms with E-state index in [4.69, 9.17) is 0 Å². The molecule has 3 rings (SSSR count). The molecule has 1 aromatic carbocycles. The number of anilines is 2. The summed E-state index contributed by atoms with van der Waals surface area (Å²) in [6, 6.07) is 8.60. The topological polar surface area (TPSA) is 49.8 Å². The third-order valence-corrected chi connectivity index (χ3v) is 3.71. The molecule has 4 nitrogen and oxygen atoms in total. The van der Waals surface area contributed by atoms with Crippen molar-refractivity contribution in [1.82, 2.24) is 9.97 Å². The normalized spacial score (nSPS) is 15.4. The van der Waals surface area contributed by atoms with Crippen LogP contribution in [0.5, 0.6) is 0 Å². The first-order chi connectivity index (χ1) is 9.86. The molecule has 0 amide bonds. The van der Waals surface area contributed by atoms with Crippen molar-refractivity contribution >= 4 is 22.7 Å². The fourth-order valence-corrected chi connectivity index (χ4v) is 2.70. The summed E-state index contributed by atoms with van der Waals surface area (Å²) in [5.41, 5.74) is 0.967. The first kappa shape index (κ1) is 12.9. The van der Waals surface area contributed by atoms with Gasteiger partial charge in [0.15, 0.2) is 0 Å². The van der Waals surface area contributed by atoms with Gasteiger partial charge in [-0.25, -0.2) is 4.98 Å². The van der Waals surface area contributed by atoms with E-state index in [1.165, 1.54) is 25.7 Å². The molecule has 0 aliphatic heterocycles. The highest BCUT2D eigenvalue weighted by Gasteiger charge is 2.16. The summed E-state index contributed by atoms with van der Waals surface area (Å²) in [5, 5.41) is 7.80. The molecule has 0 spiro atoms. The Kier molecular flexibility index (Phi) is 3.81. The lowest BCUT2D eigenvalue weighted by atomic mass is 10.2. The number of benzene rings is 1. The quantitative estimate of drug-likeness (QED) is 0.814. The van der Waals surface area contributed by atoms with Gasteiger partial charge in [-0.3, -0.25) is 0 Å². The van der Waals surface area contributed by atoms with Crippen molar-refractivity contribution in [2.45, 2.75) is 31.7 Å². The van der Waals surface area contributed by atoms with Gasteiger partial charge < -0.3 is 10.6 Å². The maximum Gasteiger partial charge on any atom is 0.225 e. The smallest absolute Gasteiger partial charge is 0.225 e. The number of hydrogen-bond acceptors (Lipinski definition) is 4. The molecule has 20 heavy (non-hydrogen) atoms. The number of hydrogen-bond donors (Lipinski definition) is 2. The standard InChI is InChI=1S/C16H20N4/c1-2-11-17-15-13-9-5-6-10-14(13)19-16(20-15)18-12-7-3-4-8-12/h2,5-6,9-10,12H,1,3-4,7-8,11H2,(H2,17,18,19,20). The van der Waals surface area contributed by atoms with Crippen LogP contribution >= 0.6 is 0 Å². The average molecular weight is 268 g/mol. The minimum Gasteiger partial charge on any atom is -0.366 e. The zero-order valence-electron chi connectivity index (χ0n) is 11.6. The molecular weight excluding hydrogens is 248 g/mol. The van der Waals surface area contributed by atoms with Gasteiger partial charge in [0.05, 0.1) is 5.52 Å². The van der Waals surface area contributed by atoms with Crippen molar-refractivity contribution in [1.29, 1.82) is 0 Å². The van der Waals surface area contributed by atoms with Gasteiger partial charge >= 0.3 is 0 Å². The SMILES string of the molecule is C=CCNc1nc(NC2CCCC2)nc2ccccc12. The lowest BCUT2D eigenvalue weighted by Crippen LogP contribution is -2.17. The Hall–Kier alpha value is -2.10. The molecule has 2 N–H and O–H groups in total. The number of nitrogens with zero attached hydrogens (tertiary/aromatic N) is 2. The van der Waals surface area contributed by atoms with Gasteiger partial charge in [0.2, 0.25) is 5.95 Å². The van der Waals surface area contributed by atoms with E-state index in [0.717, 1.165) is 22.7 Å². The molecule has 0 radical (unpaired) electrons. The van der Waals surface area contributed by atoms with Crippen molar-refractivity contribution < 1.29 is 0 Å². The first-order valence-electron chi connectivity index (χ1n) is 7.25. The van der Waals surface area contributed by atoms with E-state index in [1.807, 2.05) is 30.3 Å². The summed E-state index contributed by atoms with van der Waals surface area (Å²) < 4.78 is 0. The van der Waals surface area contributed by atoms with Crippen LogP contribution in [-0.4, -0.2) is 22.6 Å². The van der Waals surface area contributed by atoms with Gasteiger partial charge in [-0.1, -0.05) is 31.1 Å². The second-order valence-corrected chi connectivity index (χ2v) is 5.21. The van der Waals surface area contributed by atoms with Gasteiger partial charge in [0.25, 0.3) is 0 Å². The van der Waals surface area contributed by atoms with Crippen LogP contribution in [-0.2, 0) is 0 Å². The molecule has 1 aromatic heterocycles. The van der Waals surface area contributed by atoms with E-state index in [9.17, 15) is 0 Å². The van der Waals surface area contributed by atoms with E-state index >= 15 is 0 Å². The Balaban J connectivity index is 1.93. The predicted octanol–water partition coefficient (Wildman–Crippen LogP) is 3.58. The maximum absolute atomic E-state index is 4.62. The van der Waals surface area contributed by atoms with Crippen molar-refractivity contribution in [3.8, 4) is 0 Å². The summed E-state index contributed by atoms with van der Waals surface area (Å²) in [6.45, 7) is 4.44. The minimum atomic E-state index is 0.517. The summed E-state index contributed by atoms with van der Waals surface area (Å²) in [5.74, 6) is 1.60. The van der Waals surface area contributed by atoms with E-state index in [1.54, 1.807) is 0 Å². The zero-order valence-corrected chi connectivity index (χ0v) is 11.6. The molecule has 1 heterocycles. The number of rotatable bonds is 5. The van der Waals surface area contributed by atoms with Crippen LogP contribution < -0.4 is 10.6 Å². The fourth-order valence-electron chi connectivity index (χ4n) is 2.70. The molecule has 0 saturated heterocycles. The number of aromatic nitrogens is 2. The molecule has 104 valence electrons. The van der Waals surface area contributed by atoms with Crippen LogP contribution in [0.4, 0.5) is 11.8 Å². The fraction of sp³-hybridized carbons (Fsp3) is 0.375. The highest BCUT2D eigenvalue weighted by Crippen LogP contribution is 2.25. The summed E-state index contributed by atoms with van der Waals surface area (Å²) >= 11 is 0. The van der Waals surface area contributed by atoms with Crippen molar-refractivity contribution in [2.75, 3.05) is 17.2 Å². The molecule has 0 atom stereocenters. The zero-order chi connectivity index (χ0) is 13.8. The summed E-state index contributed by atoms with van der Waals surface area (Å²) in [6.07, 6.45) is 6.86. The summed E-state index contributed by atoms with van der Waals surface area (Å²) in [7, 11) is 0. The molecule has 1 aliphatic carbocycles. The van der Waals surface area contributed by atoms with Crippen LogP contribution in [0, 0.1) is 0 Å². The maximum atomic E-state index is 4.62. The van der Waals surface area contributed by atoms with E-state index in [2.05, 4.69) is 27.2 Å². The number of nitrogens with one attached hydrogen (secondary N) is 2. The van der Waals surface area contributed by atoms with Gasteiger partial charge in [-0.15, -0.1) is 6.58 Å². The molecule has 1 saturated carbocycles. The van der Waals surface area contributed by atoms with Crippen LogP contribution in [0.3, 0.4) is 0 Å². The highest BCUT2D eigenvalue weighted by atomic mass is 15.2. The third-order valence-electron chi connectivity index (χ3n) is 3.71.